The normalized spacial score (nSPS) is 19.4. The summed E-state index contributed by atoms with van der Waals surface area (Å²) in [5.41, 5.74) is 3.53. The van der Waals surface area contributed by atoms with Crippen molar-refractivity contribution in [3.63, 3.8) is 0 Å². The highest BCUT2D eigenvalue weighted by atomic mass is 16.5. The highest BCUT2D eigenvalue weighted by Gasteiger charge is 2.28. The van der Waals surface area contributed by atoms with Crippen LogP contribution in [0.4, 0.5) is 11.7 Å². The average molecular weight is 527 g/mol. The zero-order chi connectivity index (χ0) is 26.6. The van der Waals surface area contributed by atoms with Crippen molar-refractivity contribution in [2.75, 3.05) is 43.5 Å². The maximum absolute atomic E-state index is 13.2. The van der Waals surface area contributed by atoms with Crippen molar-refractivity contribution in [3.8, 4) is 0 Å². The summed E-state index contributed by atoms with van der Waals surface area (Å²) < 4.78 is 11.4. The Morgan fingerprint density at radius 3 is 2.64 bits per heavy atom. The number of rotatable bonds is 8. The summed E-state index contributed by atoms with van der Waals surface area (Å²) in [5.74, 6) is 0.774. The number of aliphatic imine (C=N–C) groups is 1. The molecule has 1 amide bonds. The van der Waals surface area contributed by atoms with E-state index in [9.17, 15) is 4.79 Å². The molecule has 2 aliphatic heterocycles. The van der Waals surface area contributed by atoms with Gasteiger partial charge in [-0.1, -0.05) is 53.6 Å². The topological polar surface area (TPSA) is 141 Å². The molecule has 1 aliphatic carbocycles. The van der Waals surface area contributed by atoms with E-state index in [4.69, 9.17) is 19.6 Å². The van der Waals surface area contributed by atoms with Crippen molar-refractivity contribution in [1.82, 2.24) is 20.4 Å². The van der Waals surface area contributed by atoms with E-state index in [0.717, 1.165) is 17.7 Å². The molecule has 11 heteroatoms. The first-order valence-electron chi connectivity index (χ1n) is 13.1. The first-order valence-corrected chi connectivity index (χ1v) is 13.1. The third-order valence-electron chi connectivity index (χ3n) is 6.84. The third-order valence-corrected chi connectivity index (χ3v) is 6.84. The molecule has 39 heavy (non-hydrogen) atoms. The molecule has 0 unspecified atom stereocenters. The first-order chi connectivity index (χ1) is 19.2. The average Bonchev–Trinajstić information content (AvgIpc) is 3.72. The molecule has 6 rings (SSSR count). The largest absolute Gasteiger partial charge is 0.403 e. The third kappa shape index (κ3) is 5.68. The lowest BCUT2D eigenvalue weighted by Gasteiger charge is -2.29. The van der Waals surface area contributed by atoms with E-state index in [1.807, 2.05) is 59.5 Å². The Morgan fingerprint density at radius 1 is 1.08 bits per heavy atom. The molecule has 1 saturated heterocycles. The number of benzodiazepines with no additional fused rings is 1. The van der Waals surface area contributed by atoms with E-state index in [1.165, 1.54) is 12.8 Å². The molecule has 3 aromatic rings. The lowest BCUT2D eigenvalue weighted by atomic mass is 10.0. The van der Waals surface area contributed by atoms with Crippen molar-refractivity contribution >= 4 is 34.7 Å². The number of carbonyl (C=O) groups is 1. The smallest absolute Gasteiger partial charge is 0.317 e. The number of hydrogen-bond acceptors (Lipinski definition) is 9. The molecule has 0 bridgehead atoms. The Bertz CT molecular complexity index is 1410. The number of nitrogens with one attached hydrogen (secondary N) is 4. The van der Waals surface area contributed by atoms with E-state index in [-0.39, 0.29) is 23.6 Å². The molecule has 0 radical (unpaired) electrons. The zero-order valence-corrected chi connectivity index (χ0v) is 21.4. The molecule has 1 aromatic heterocycles. The summed E-state index contributed by atoms with van der Waals surface area (Å²) >= 11 is 0. The molecule has 11 nitrogen and oxygen atoms in total. The van der Waals surface area contributed by atoms with Gasteiger partial charge in [0.15, 0.2) is 0 Å². The number of carbonyl (C=O) groups excluding carboxylic acids is 1. The highest BCUT2D eigenvalue weighted by molar-refractivity contribution is 6.20. The number of ether oxygens (including phenoxy) is 1. The number of benzene rings is 2. The van der Waals surface area contributed by atoms with E-state index >= 15 is 0 Å². The molecule has 3 heterocycles. The summed E-state index contributed by atoms with van der Waals surface area (Å²) in [6.07, 6.45) is 3.18. The van der Waals surface area contributed by atoms with Crippen LogP contribution in [0.3, 0.4) is 0 Å². The molecule has 0 spiro atoms. The number of hydrogen-bond donors (Lipinski definition) is 4. The number of para-hydroxylation sites is 1. The number of amidine groups is 1. The van der Waals surface area contributed by atoms with Gasteiger partial charge in [-0.2, -0.15) is 0 Å². The van der Waals surface area contributed by atoms with Gasteiger partial charge in [-0.25, -0.2) is 4.99 Å². The minimum Gasteiger partial charge on any atom is -0.403 e. The fourth-order valence-electron chi connectivity index (χ4n) is 4.53. The maximum Gasteiger partial charge on any atom is 0.317 e. The fourth-order valence-corrected chi connectivity index (χ4v) is 4.53. The van der Waals surface area contributed by atoms with Crippen LogP contribution in [-0.2, 0) is 9.53 Å². The van der Waals surface area contributed by atoms with Crippen LogP contribution < -0.4 is 16.0 Å². The second-order valence-corrected chi connectivity index (χ2v) is 9.70. The Morgan fingerprint density at radius 2 is 1.85 bits per heavy atom. The van der Waals surface area contributed by atoms with Gasteiger partial charge in [-0.3, -0.25) is 10.2 Å². The van der Waals surface area contributed by atoms with Crippen molar-refractivity contribution in [2.45, 2.75) is 19.0 Å². The number of fused-ring (bicyclic) bond motifs is 1. The Balaban J connectivity index is 1.27. The van der Waals surface area contributed by atoms with Crippen molar-refractivity contribution in [3.05, 3.63) is 77.8 Å². The Kier molecular flexibility index (Phi) is 7.05. The van der Waals surface area contributed by atoms with Gasteiger partial charge in [-0.15, -0.1) is 5.10 Å². The van der Waals surface area contributed by atoms with E-state index in [1.54, 1.807) is 6.20 Å². The molecule has 2 aromatic carbocycles. The van der Waals surface area contributed by atoms with Crippen molar-refractivity contribution in [2.24, 2.45) is 10.9 Å². The minimum absolute atomic E-state index is 0.0372. The number of nitrogens with zero attached hydrogens (tertiary/aromatic N) is 4. The molecule has 200 valence electrons. The van der Waals surface area contributed by atoms with Crippen LogP contribution in [0, 0.1) is 11.3 Å². The van der Waals surface area contributed by atoms with Crippen LogP contribution in [0.1, 0.15) is 29.9 Å². The minimum atomic E-state index is -1.01. The fraction of sp³-hybridized carbons (Fsp3) is 0.321. The van der Waals surface area contributed by atoms with E-state index in [2.05, 4.69) is 26.1 Å². The van der Waals surface area contributed by atoms with Crippen molar-refractivity contribution < 1.29 is 13.9 Å². The van der Waals surface area contributed by atoms with Crippen LogP contribution in [-0.4, -0.2) is 71.6 Å². The van der Waals surface area contributed by atoms with Gasteiger partial charge in [0.1, 0.15) is 5.84 Å². The standard InChI is InChI=1S/C28H30N8O3/c29-24(36-12-14-38-15-13-36)21(17-30-16-18-10-11-18)27-34-35-28(39-27)33-25-26(37)31-22-9-5-4-8-20(22)23(32-25)19-6-2-1-3-7-19/h1-9,17-18,25,29-30H,10-16H2,(H,31,37)(H,33,35)/b21-17+,29-24?/t25-/m1/s1. The predicted octanol–water partition coefficient (Wildman–Crippen LogP) is 2.95. The SMILES string of the molecule is N=C(/C(=C\NCC1CC1)c1nnc(N[C@H]2N=C(c3ccccc3)c3ccccc3NC2=O)o1)N1CCOCC1. The highest BCUT2D eigenvalue weighted by Crippen LogP contribution is 2.28. The van der Waals surface area contributed by atoms with Crippen LogP contribution in [0.15, 0.2) is 70.2 Å². The van der Waals surface area contributed by atoms with Gasteiger partial charge in [0.2, 0.25) is 6.17 Å². The van der Waals surface area contributed by atoms with Gasteiger partial charge in [-0.05, 0) is 24.8 Å². The molecule has 1 saturated carbocycles. The summed E-state index contributed by atoms with van der Waals surface area (Å²) in [6, 6.07) is 17.3. The molecule has 1 atom stereocenters. The first kappa shape index (κ1) is 24.8. The second-order valence-electron chi connectivity index (χ2n) is 9.70. The number of morpholine rings is 1. The molecular formula is C28H30N8O3. The van der Waals surface area contributed by atoms with Gasteiger partial charge in [0, 0.05) is 37.0 Å². The summed E-state index contributed by atoms with van der Waals surface area (Å²) in [5, 5.41) is 26.4. The van der Waals surface area contributed by atoms with Crippen LogP contribution in [0.5, 0.6) is 0 Å². The number of aromatic nitrogens is 2. The maximum atomic E-state index is 13.2. The monoisotopic (exact) mass is 526 g/mol. The lowest BCUT2D eigenvalue weighted by Crippen LogP contribution is -2.41. The zero-order valence-electron chi connectivity index (χ0n) is 21.4. The van der Waals surface area contributed by atoms with Crippen LogP contribution in [0.25, 0.3) is 5.57 Å². The lowest BCUT2D eigenvalue weighted by molar-refractivity contribution is -0.116. The summed E-state index contributed by atoms with van der Waals surface area (Å²) in [4.78, 5) is 19.9. The molecule has 4 N–H and O–H groups in total. The predicted molar refractivity (Wildman–Crippen MR) is 148 cm³/mol. The van der Waals surface area contributed by atoms with Crippen LogP contribution >= 0.6 is 0 Å². The summed E-state index contributed by atoms with van der Waals surface area (Å²) in [7, 11) is 0. The van der Waals surface area contributed by atoms with Gasteiger partial charge >= 0.3 is 6.01 Å². The van der Waals surface area contributed by atoms with E-state index < -0.39 is 6.17 Å². The van der Waals surface area contributed by atoms with Crippen molar-refractivity contribution in [1.29, 1.82) is 5.41 Å². The van der Waals surface area contributed by atoms with Gasteiger partial charge < -0.3 is 30.0 Å². The second kappa shape index (κ2) is 11.1. The Hall–Kier alpha value is -4.51. The van der Waals surface area contributed by atoms with Gasteiger partial charge in [0.05, 0.1) is 30.2 Å². The Labute approximate surface area is 225 Å². The molecule has 3 aliphatic rings. The number of amides is 1. The quantitative estimate of drug-likeness (QED) is 0.259. The molecular weight excluding hydrogens is 496 g/mol. The number of anilines is 2. The van der Waals surface area contributed by atoms with Gasteiger partial charge in [0.25, 0.3) is 11.8 Å². The van der Waals surface area contributed by atoms with E-state index in [0.29, 0.717) is 49.2 Å². The summed E-state index contributed by atoms with van der Waals surface area (Å²) in [6.45, 7) is 3.17. The van der Waals surface area contributed by atoms with Crippen LogP contribution in [0.2, 0.25) is 0 Å². The molecule has 2 fully saturated rings.